The van der Waals surface area contributed by atoms with Crippen LogP contribution in [0.1, 0.15) is 29.1 Å². The summed E-state index contributed by atoms with van der Waals surface area (Å²) in [5, 5.41) is 0. The van der Waals surface area contributed by atoms with E-state index >= 15 is 0 Å². The Morgan fingerprint density at radius 2 is 2.06 bits per heavy atom. The smallest absolute Gasteiger partial charge is 0.346 e. The lowest BCUT2D eigenvalue weighted by atomic mass is 10.2. The molecule has 0 spiro atoms. The van der Waals surface area contributed by atoms with Crippen molar-refractivity contribution in [2.45, 2.75) is 13.0 Å². The van der Waals surface area contributed by atoms with Gasteiger partial charge in [0, 0.05) is 6.61 Å². The summed E-state index contributed by atoms with van der Waals surface area (Å²) in [6.07, 6.45) is -0.711. The third-order valence-electron chi connectivity index (χ3n) is 2.22. The molecule has 1 atom stereocenters. The minimum Gasteiger partial charge on any atom is -0.450 e. The van der Waals surface area contributed by atoms with Gasteiger partial charge in [-0.1, -0.05) is 0 Å². The van der Waals surface area contributed by atoms with Gasteiger partial charge in [0.25, 0.3) is 5.56 Å². The van der Waals surface area contributed by atoms with Gasteiger partial charge < -0.3 is 14.5 Å². The van der Waals surface area contributed by atoms with Gasteiger partial charge in [-0.2, -0.15) is 0 Å². The van der Waals surface area contributed by atoms with Crippen LogP contribution in [0.25, 0.3) is 0 Å². The van der Waals surface area contributed by atoms with Crippen LogP contribution in [0.15, 0.2) is 9.59 Å². The van der Waals surface area contributed by atoms with Crippen LogP contribution in [0.5, 0.6) is 0 Å². The molecule has 0 saturated heterocycles. The lowest BCUT2D eigenvalue weighted by molar-refractivity contribution is 0.00583. The molecule has 0 radical (unpaired) electrons. The van der Waals surface area contributed by atoms with E-state index in [1.807, 2.05) is 4.98 Å². The summed E-state index contributed by atoms with van der Waals surface area (Å²) in [5.41, 5.74) is -1.36. The summed E-state index contributed by atoms with van der Waals surface area (Å²) in [6, 6.07) is 0. The molecule has 0 fully saturated rings. The van der Waals surface area contributed by atoms with Gasteiger partial charge in [-0.05, 0) is 6.92 Å². The normalized spacial score (nSPS) is 18.3. The number of nitrogens with one attached hydrogen (secondary N) is 2. The molecular formula is C9H10N2O5. The number of aromatic amines is 2. The SMILES string of the molecule is CCOCC1OC(=O)c2c1[nH]c(=O)[nH]c2=O. The zero-order chi connectivity index (χ0) is 11.7. The van der Waals surface area contributed by atoms with Gasteiger partial charge in [0.1, 0.15) is 5.56 Å². The first kappa shape index (κ1) is 10.6. The predicted octanol–water partition coefficient (Wildman–Crippen LogP) is -0.689. The van der Waals surface area contributed by atoms with Crippen LogP contribution >= 0.6 is 0 Å². The zero-order valence-electron chi connectivity index (χ0n) is 8.53. The standard InChI is InChI=1S/C9H10N2O5/c1-2-15-3-4-6-5(8(13)16-4)7(12)11-9(14)10-6/h4H,2-3H2,1H3,(H2,10,11,12,14). The number of hydrogen-bond acceptors (Lipinski definition) is 5. The molecule has 2 N–H and O–H groups in total. The molecule has 1 unspecified atom stereocenters. The van der Waals surface area contributed by atoms with Crippen molar-refractivity contribution in [3.05, 3.63) is 32.1 Å². The monoisotopic (exact) mass is 226 g/mol. The van der Waals surface area contributed by atoms with Crippen molar-refractivity contribution in [2.75, 3.05) is 13.2 Å². The summed E-state index contributed by atoms with van der Waals surface area (Å²) >= 11 is 0. The number of carbonyl (C=O) groups is 1. The minimum atomic E-state index is -0.739. The van der Waals surface area contributed by atoms with Crippen molar-refractivity contribution in [1.29, 1.82) is 0 Å². The fourth-order valence-corrected chi connectivity index (χ4v) is 1.54. The molecular weight excluding hydrogens is 216 g/mol. The van der Waals surface area contributed by atoms with Crippen molar-refractivity contribution in [3.63, 3.8) is 0 Å². The average molecular weight is 226 g/mol. The Balaban J connectivity index is 2.45. The molecule has 1 aromatic rings. The fraction of sp³-hybridized carbons (Fsp3) is 0.444. The number of ether oxygens (including phenoxy) is 2. The third-order valence-corrected chi connectivity index (χ3v) is 2.22. The van der Waals surface area contributed by atoms with E-state index in [4.69, 9.17) is 9.47 Å². The number of cyclic esters (lactones) is 1. The first-order valence-corrected chi connectivity index (χ1v) is 4.78. The lowest BCUT2D eigenvalue weighted by Crippen LogP contribution is -2.27. The molecule has 7 heteroatoms. The minimum absolute atomic E-state index is 0.120. The summed E-state index contributed by atoms with van der Waals surface area (Å²) in [4.78, 5) is 38.1. The first-order chi connectivity index (χ1) is 7.63. The molecule has 1 aliphatic heterocycles. The molecule has 16 heavy (non-hydrogen) atoms. The maximum Gasteiger partial charge on any atom is 0.346 e. The third kappa shape index (κ3) is 1.65. The summed E-state index contributed by atoms with van der Waals surface area (Å²) in [5.74, 6) is -0.739. The van der Waals surface area contributed by atoms with E-state index in [1.165, 1.54) is 0 Å². The molecule has 0 saturated carbocycles. The molecule has 0 aromatic carbocycles. The molecule has 7 nitrogen and oxygen atoms in total. The van der Waals surface area contributed by atoms with Crippen molar-refractivity contribution in [1.82, 2.24) is 9.97 Å². The van der Waals surface area contributed by atoms with Crippen LogP contribution < -0.4 is 11.2 Å². The number of hydrogen-bond donors (Lipinski definition) is 2. The van der Waals surface area contributed by atoms with E-state index in [2.05, 4.69) is 4.98 Å². The van der Waals surface area contributed by atoms with Crippen LogP contribution in [-0.2, 0) is 9.47 Å². The fourth-order valence-electron chi connectivity index (χ4n) is 1.54. The van der Waals surface area contributed by atoms with E-state index in [1.54, 1.807) is 6.92 Å². The number of rotatable bonds is 3. The van der Waals surface area contributed by atoms with Gasteiger partial charge in [0.15, 0.2) is 6.10 Å². The highest BCUT2D eigenvalue weighted by Gasteiger charge is 2.35. The number of H-pyrrole nitrogens is 2. The van der Waals surface area contributed by atoms with Gasteiger partial charge >= 0.3 is 11.7 Å². The van der Waals surface area contributed by atoms with Gasteiger partial charge in [0.2, 0.25) is 0 Å². The Hall–Kier alpha value is -1.89. The summed E-state index contributed by atoms with van der Waals surface area (Å²) < 4.78 is 10.0. The van der Waals surface area contributed by atoms with Crippen LogP contribution in [-0.4, -0.2) is 29.2 Å². The van der Waals surface area contributed by atoms with E-state index in [9.17, 15) is 14.4 Å². The van der Waals surface area contributed by atoms with E-state index < -0.39 is 23.3 Å². The van der Waals surface area contributed by atoms with E-state index in [0.29, 0.717) is 6.61 Å². The van der Waals surface area contributed by atoms with Gasteiger partial charge in [-0.15, -0.1) is 0 Å². The Kier molecular flexibility index (Phi) is 2.61. The summed E-state index contributed by atoms with van der Waals surface area (Å²) in [7, 11) is 0. The second-order valence-corrected chi connectivity index (χ2v) is 3.25. The van der Waals surface area contributed by atoms with E-state index in [-0.39, 0.29) is 17.9 Å². The highest BCUT2D eigenvalue weighted by molar-refractivity contribution is 5.92. The van der Waals surface area contributed by atoms with Crippen molar-refractivity contribution >= 4 is 5.97 Å². The topological polar surface area (TPSA) is 101 Å². The maximum atomic E-state index is 11.4. The Bertz CT molecular complexity index is 529. The molecule has 0 amide bonds. The number of carbonyl (C=O) groups excluding carboxylic acids is 1. The second-order valence-electron chi connectivity index (χ2n) is 3.25. The van der Waals surface area contributed by atoms with Crippen molar-refractivity contribution in [3.8, 4) is 0 Å². The highest BCUT2D eigenvalue weighted by Crippen LogP contribution is 2.25. The maximum absolute atomic E-state index is 11.4. The van der Waals surface area contributed by atoms with Gasteiger partial charge in [0.05, 0.1) is 12.3 Å². The molecule has 0 aliphatic carbocycles. The number of esters is 1. The van der Waals surface area contributed by atoms with Crippen LogP contribution in [0.3, 0.4) is 0 Å². The Morgan fingerprint density at radius 1 is 1.31 bits per heavy atom. The lowest BCUT2D eigenvalue weighted by Gasteiger charge is -2.09. The highest BCUT2D eigenvalue weighted by atomic mass is 16.6. The zero-order valence-corrected chi connectivity index (χ0v) is 8.53. The Morgan fingerprint density at radius 3 is 2.75 bits per heavy atom. The number of aromatic nitrogens is 2. The van der Waals surface area contributed by atoms with Crippen LogP contribution in [0.4, 0.5) is 0 Å². The Labute approximate surface area is 89.4 Å². The number of fused-ring (bicyclic) bond motifs is 1. The average Bonchev–Trinajstić information content (AvgIpc) is 2.52. The quantitative estimate of drug-likeness (QED) is 0.664. The molecule has 86 valence electrons. The second kappa shape index (κ2) is 3.93. The van der Waals surface area contributed by atoms with Crippen LogP contribution in [0, 0.1) is 0 Å². The molecule has 0 bridgehead atoms. The molecule has 2 rings (SSSR count). The summed E-state index contributed by atoms with van der Waals surface area (Å²) in [6.45, 7) is 2.36. The van der Waals surface area contributed by atoms with Gasteiger partial charge in [-0.3, -0.25) is 9.78 Å². The van der Waals surface area contributed by atoms with E-state index in [0.717, 1.165) is 0 Å². The largest absolute Gasteiger partial charge is 0.450 e. The van der Waals surface area contributed by atoms with Crippen LogP contribution in [0.2, 0.25) is 0 Å². The predicted molar refractivity (Wildman–Crippen MR) is 52.3 cm³/mol. The molecule has 1 aromatic heterocycles. The van der Waals surface area contributed by atoms with Crippen molar-refractivity contribution in [2.24, 2.45) is 0 Å². The molecule has 2 heterocycles. The molecule has 1 aliphatic rings. The van der Waals surface area contributed by atoms with Crippen molar-refractivity contribution < 1.29 is 14.3 Å². The van der Waals surface area contributed by atoms with Gasteiger partial charge in [-0.25, -0.2) is 9.59 Å². The first-order valence-electron chi connectivity index (χ1n) is 4.78.